The number of rotatable bonds is 9. The molecule has 0 radical (unpaired) electrons. The maximum Gasteiger partial charge on any atom is 0.129 e. The summed E-state index contributed by atoms with van der Waals surface area (Å²) in [6.07, 6.45) is 1.14. The molecule has 4 heteroatoms. The van der Waals surface area contributed by atoms with Crippen LogP contribution in [0, 0.1) is 11.8 Å². The summed E-state index contributed by atoms with van der Waals surface area (Å²) in [6, 6.07) is 3.68. The van der Waals surface area contributed by atoms with E-state index in [0.29, 0.717) is 31.6 Å². The summed E-state index contributed by atoms with van der Waals surface area (Å²) >= 11 is 0. The van der Waals surface area contributed by atoms with Crippen LogP contribution in [0.2, 0.25) is 0 Å². The number of nitrogens with one attached hydrogen (secondary N) is 1. The van der Waals surface area contributed by atoms with E-state index in [2.05, 4.69) is 26.1 Å². The van der Waals surface area contributed by atoms with Crippen LogP contribution in [0.4, 0.5) is 0 Å². The molecule has 4 nitrogen and oxygen atoms in total. The van der Waals surface area contributed by atoms with Crippen LogP contribution < -0.4 is 5.32 Å². The van der Waals surface area contributed by atoms with Crippen LogP contribution in [0.25, 0.3) is 0 Å². The van der Waals surface area contributed by atoms with Crippen molar-refractivity contribution in [2.45, 2.75) is 33.5 Å². The molecule has 0 aromatic carbocycles. The maximum atomic E-state index is 9.71. The molecule has 1 aromatic rings. The minimum atomic E-state index is -0.473. The van der Waals surface area contributed by atoms with Crippen molar-refractivity contribution in [3.63, 3.8) is 0 Å². The van der Waals surface area contributed by atoms with Gasteiger partial charge in [-0.1, -0.05) is 20.8 Å². The molecular formula is C14H25NO3. The Balaban J connectivity index is 2.02. The molecule has 2 atom stereocenters. The van der Waals surface area contributed by atoms with Crippen molar-refractivity contribution in [3.05, 3.63) is 24.2 Å². The first-order valence-corrected chi connectivity index (χ1v) is 6.58. The largest absolute Gasteiger partial charge is 0.467 e. The predicted molar refractivity (Wildman–Crippen MR) is 71.2 cm³/mol. The number of ether oxygens (including phenoxy) is 1. The van der Waals surface area contributed by atoms with Gasteiger partial charge >= 0.3 is 0 Å². The van der Waals surface area contributed by atoms with Crippen LogP contribution in [0.5, 0.6) is 0 Å². The van der Waals surface area contributed by atoms with E-state index < -0.39 is 6.10 Å². The lowest BCUT2D eigenvalue weighted by atomic mass is 9.98. The molecule has 0 saturated heterocycles. The molecule has 1 rings (SSSR count). The van der Waals surface area contributed by atoms with Crippen LogP contribution in [0.1, 0.15) is 26.5 Å². The monoisotopic (exact) mass is 255 g/mol. The van der Waals surface area contributed by atoms with E-state index in [4.69, 9.17) is 9.15 Å². The van der Waals surface area contributed by atoms with Gasteiger partial charge in [0.05, 0.1) is 19.0 Å². The third-order valence-electron chi connectivity index (χ3n) is 3.12. The van der Waals surface area contributed by atoms with Crippen LogP contribution in [0.3, 0.4) is 0 Å². The number of hydrogen-bond acceptors (Lipinski definition) is 4. The van der Waals surface area contributed by atoms with Crippen molar-refractivity contribution >= 4 is 0 Å². The summed E-state index contributed by atoms with van der Waals surface area (Å²) in [5, 5.41) is 13.0. The molecule has 0 aliphatic heterocycles. The van der Waals surface area contributed by atoms with Gasteiger partial charge in [-0.25, -0.2) is 0 Å². The number of hydrogen-bond donors (Lipinski definition) is 2. The second-order valence-corrected chi connectivity index (χ2v) is 5.13. The summed E-state index contributed by atoms with van der Waals surface area (Å²) in [5.41, 5.74) is 0. The summed E-state index contributed by atoms with van der Waals surface area (Å²) in [7, 11) is 0. The zero-order chi connectivity index (χ0) is 13.4. The molecule has 2 unspecified atom stereocenters. The lowest BCUT2D eigenvalue weighted by Gasteiger charge is -2.18. The van der Waals surface area contributed by atoms with Crippen molar-refractivity contribution in [2.75, 3.05) is 19.7 Å². The first-order valence-electron chi connectivity index (χ1n) is 6.58. The van der Waals surface area contributed by atoms with Crippen molar-refractivity contribution in [1.29, 1.82) is 0 Å². The molecule has 0 spiro atoms. The minimum Gasteiger partial charge on any atom is -0.467 e. The molecular weight excluding hydrogens is 230 g/mol. The van der Waals surface area contributed by atoms with Crippen LogP contribution >= 0.6 is 0 Å². The normalized spacial score (nSPS) is 14.9. The molecule has 0 aliphatic rings. The lowest BCUT2D eigenvalue weighted by Crippen LogP contribution is -2.34. The third-order valence-corrected chi connectivity index (χ3v) is 3.12. The molecule has 0 amide bonds. The fraction of sp³-hybridized carbons (Fsp3) is 0.714. The Morgan fingerprint density at radius 1 is 1.33 bits per heavy atom. The molecule has 104 valence electrons. The molecule has 0 aliphatic carbocycles. The highest BCUT2D eigenvalue weighted by Gasteiger charge is 2.09. The van der Waals surface area contributed by atoms with Crippen molar-refractivity contribution in [2.24, 2.45) is 11.8 Å². The molecule has 1 heterocycles. The number of aliphatic hydroxyl groups is 1. The Morgan fingerprint density at radius 2 is 2.11 bits per heavy atom. The summed E-state index contributed by atoms with van der Waals surface area (Å²) in [5.74, 6) is 2.05. The second kappa shape index (κ2) is 8.29. The number of furan rings is 1. The SMILES string of the molecule is CC(C)C(C)CNCC(O)COCc1ccco1. The Bertz CT molecular complexity index is 298. The first kappa shape index (κ1) is 15.2. The average Bonchev–Trinajstić information content (AvgIpc) is 2.81. The van der Waals surface area contributed by atoms with Gasteiger partial charge in [0.25, 0.3) is 0 Å². The smallest absolute Gasteiger partial charge is 0.129 e. The van der Waals surface area contributed by atoms with Gasteiger partial charge < -0.3 is 19.6 Å². The molecule has 0 fully saturated rings. The van der Waals surface area contributed by atoms with Crippen LogP contribution in [0.15, 0.2) is 22.8 Å². The highest BCUT2D eigenvalue weighted by atomic mass is 16.5. The van der Waals surface area contributed by atoms with E-state index in [9.17, 15) is 5.11 Å². The Kier molecular flexibility index (Phi) is 7.01. The van der Waals surface area contributed by atoms with Crippen LogP contribution in [-0.4, -0.2) is 30.9 Å². The van der Waals surface area contributed by atoms with Gasteiger partial charge in [-0.3, -0.25) is 0 Å². The van der Waals surface area contributed by atoms with Crippen molar-refractivity contribution in [3.8, 4) is 0 Å². The van der Waals surface area contributed by atoms with Crippen LogP contribution in [-0.2, 0) is 11.3 Å². The van der Waals surface area contributed by atoms with E-state index in [-0.39, 0.29) is 0 Å². The molecule has 2 N–H and O–H groups in total. The summed E-state index contributed by atoms with van der Waals surface area (Å²) in [6.45, 7) is 8.83. The standard InChI is InChI=1S/C14H25NO3/c1-11(2)12(3)7-15-8-13(16)9-17-10-14-5-4-6-18-14/h4-6,11-13,15-16H,7-10H2,1-3H3. The summed E-state index contributed by atoms with van der Waals surface area (Å²) in [4.78, 5) is 0. The first-order chi connectivity index (χ1) is 8.59. The maximum absolute atomic E-state index is 9.71. The van der Waals surface area contributed by atoms with Gasteiger partial charge in [-0.15, -0.1) is 0 Å². The average molecular weight is 255 g/mol. The Labute approximate surface area is 109 Å². The lowest BCUT2D eigenvalue weighted by molar-refractivity contribution is 0.0222. The Morgan fingerprint density at radius 3 is 2.72 bits per heavy atom. The van der Waals surface area contributed by atoms with Gasteiger partial charge in [-0.2, -0.15) is 0 Å². The van der Waals surface area contributed by atoms with E-state index in [1.807, 2.05) is 12.1 Å². The predicted octanol–water partition coefficient (Wildman–Crippen LogP) is 2.04. The highest BCUT2D eigenvalue weighted by molar-refractivity contribution is 4.96. The van der Waals surface area contributed by atoms with E-state index in [0.717, 1.165) is 12.3 Å². The minimum absolute atomic E-state index is 0.323. The van der Waals surface area contributed by atoms with E-state index >= 15 is 0 Å². The fourth-order valence-electron chi connectivity index (χ4n) is 1.46. The van der Waals surface area contributed by atoms with Gasteiger partial charge in [0, 0.05) is 6.54 Å². The van der Waals surface area contributed by atoms with Crippen molar-refractivity contribution < 1.29 is 14.3 Å². The third kappa shape index (κ3) is 6.19. The zero-order valence-electron chi connectivity index (χ0n) is 11.6. The molecule has 0 saturated carbocycles. The van der Waals surface area contributed by atoms with E-state index in [1.54, 1.807) is 6.26 Å². The van der Waals surface area contributed by atoms with Gasteiger partial charge in [0.15, 0.2) is 0 Å². The fourth-order valence-corrected chi connectivity index (χ4v) is 1.46. The van der Waals surface area contributed by atoms with Crippen molar-refractivity contribution in [1.82, 2.24) is 5.32 Å². The molecule has 18 heavy (non-hydrogen) atoms. The van der Waals surface area contributed by atoms with E-state index in [1.165, 1.54) is 0 Å². The zero-order valence-corrected chi connectivity index (χ0v) is 11.6. The molecule has 1 aromatic heterocycles. The Hall–Kier alpha value is -0.840. The topological polar surface area (TPSA) is 54.6 Å². The van der Waals surface area contributed by atoms with Gasteiger partial charge in [0.1, 0.15) is 12.4 Å². The second-order valence-electron chi connectivity index (χ2n) is 5.13. The van der Waals surface area contributed by atoms with Gasteiger partial charge in [0.2, 0.25) is 0 Å². The summed E-state index contributed by atoms with van der Waals surface area (Å²) < 4.78 is 10.5. The number of aliphatic hydroxyl groups excluding tert-OH is 1. The van der Waals surface area contributed by atoms with Gasteiger partial charge in [-0.05, 0) is 30.5 Å². The highest BCUT2D eigenvalue weighted by Crippen LogP contribution is 2.07. The quantitative estimate of drug-likeness (QED) is 0.709. The molecule has 0 bridgehead atoms.